The highest BCUT2D eigenvalue weighted by Gasteiger charge is 2.54. The Balaban J connectivity index is 1.11. The predicted molar refractivity (Wildman–Crippen MR) is 149 cm³/mol. The van der Waals surface area contributed by atoms with Gasteiger partial charge >= 0.3 is 0 Å². The molecule has 0 bridgehead atoms. The zero-order chi connectivity index (χ0) is 25.9. The summed E-state index contributed by atoms with van der Waals surface area (Å²) in [5, 5.41) is 6.17. The van der Waals surface area contributed by atoms with Crippen molar-refractivity contribution in [2.75, 3.05) is 5.32 Å². The van der Waals surface area contributed by atoms with E-state index in [9.17, 15) is 0 Å². The third kappa shape index (κ3) is 4.44. The molecule has 2 saturated carbocycles. The quantitative estimate of drug-likeness (QED) is 0.279. The van der Waals surface area contributed by atoms with Gasteiger partial charge in [-0.15, -0.1) is 0 Å². The summed E-state index contributed by atoms with van der Waals surface area (Å²) < 4.78 is 15.1. The van der Waals surface area contributed by atoms with Gasteiger partial charge in [0.25, 0.3) is 0 Å². The van der Waals surface area contributed by atoms with Crippen molar-refractivity contribution < 1.29 is 9.47 Å². The molecular weight excluding hydrogens is 498 g/mol. The van der Waals surface area contributed by atoms with Crippen LogP contribution in [-0.4, -0.2) is 43.6 Å². The standard InChI is InChI=1S/C30H34ClN5O2/c1-30(2)37-26-20(16-24(27(26)38-30)36-14-13-22-28(31)32-17-33-29(22)36)10-8-18-7-9-19-11-12-25(35-23(19)15-18)34-21-5-3-4-6-21/h7,9,11-15,17,20-21,24,26-27H,3-6,8,10,16H2,1-2H3,(H,34,35)/t20-,24+,26+,27-/m0/s1. The molecule has 7 rings (SSSR count). The summed E-state index contributed by atoms with van der Waals surface area (Å²) in [6.45, 7) is 4.02. The zero-order valence-electron chi connectivity index (χ0n) is 21.9. The summed E-state index contributed by atoms with van der Waals surface area (Å²) in [6.07, 6.45) is 11.7. The number of pyridine rings is 1. The number of aryl methyl sites for hydroxylation is 1. The number of halogens is 1. The molecule has 3 aliphatic rings. The SMILES string of the molecule is CC1(C)O[C@@H]2[C@@H](CCc3ccc4ccc(NC5CCCC5)nc4c3)C[C@@H](n3ccc4c(Cl)ncnc43)[C@@H]2O1. The lowest BCUT2D eigenvalue weighted by atomic mass is 9.95. The molecule has 38 heavy (non-hydrogen) atoms. The average Bonchev–Trinajstić information content (AvgIpc) is 3.67. The molecule has 1 saturated heterocycles. The number of fused-ring (bicyclic) bond motifs is 3. The molecule has 0 spiro atoms. The molecule has 8 heteroatoms. The van der Waals surface area contributed by atoms with Crippen LogP contribution in [0.5, 0.6) is 0 Å². The molecule has 2 aliphatic carbocycles. The lowest BCUT2D eigenvalue weighted by Crippen LogP contribution is -2.27. The van der Waals surface area contributed by atoms with E-state index in [0.717, 1.165) is 41.6 Å². The maximum Gasteiger partial charge on any atom is 0.163 e. The van der Waals surface area contributed by atoms with Crippen LogP contribution in [0.1, 0.15) is 64.0 Å². The van der Waals surface area contributed by atoms with Crippen LogP contribution >= 0.6 is 11.6 Å². The Hall–Kier alpha value is -2.74. The molecule has 198 valence electrons. The highest BCUT2D eigenvalue weighted by molar-refractivity contribution is 6.33. The monoisotopic (exact) mass is 531 g/mol. The van der Waals surface area contributed by atoms with E-state index in [1.165, 1.54) is 43.0 Å². The van der Waals surface area contributed by atoms with Crippen LogP contribution in [0.4, 0.5) is 5.82 Å². The topological polar surface area (TPSA) is 74.1 Å². The van der Waals surface area contributed by atoms with Crippen molar-refractivity contribution in [2.45, 2.75) is 88.9 Å². The smallest absolute Gasteiger partial charge is 0.163 e. The number of aromatic nitrogens is 4. The van der Waals surface area contributed by atoms with E-state index in [4.69, 9.17) is 26.1 Å². The summed E-state index contributed by atoms with van der Waals surface area (Å²) in [6, 6.07) is 13.7. The number of rotatable bonds is 6. The molecule has 1 aromatic carbocycles. The number of hydrogen-bond acceptors (Lipinski definition) is 6. The molecule has 0 amide bonds. The lowest BCUT2D eigenvalue weighted by molar-refractivity contribution is -0.160. The van der Waals surface area contributed by atoms with Crippen LogP contribution in [0, 0.1) is 5.92 Å². The summed E-state index contributed by atoms with van der Waals surface area (Å²) in [5.41, 5.74) is 3.22. The second-order valence-electron chi connectivity index (χ2n) is 11.6. The van der Waals surface area contributed by atoms with Crippen molar-refractivity contribution in [1.82, 2.24) is 19.5 Å². The van der Waals surface area contributed by atoms with Gasteiger partial charge in [-0.3, -0.25) is 0 Å². The normalized spacial score (nSPS) is 26.9. The van der Waals surface area contributed by atoms with Gasteiger partial charge in [0.05, 0.1) is 23.0 Å². The van der Waals surface area contributed by atoms with Gasteiger partial charge in [-0.2, -0.15) is 0 Å². The molecular formula is C30H34ClN5O2. The molecule has 3 aromatic heterocycles. The highest BCUT2D eigenvalue weighted by Crippen LogP contribution is 2.49. The third-order valence-electron chi connectivity index (χ3n) is 8.64. The minimum Gasteiger partial charge on any atom is -0.367 e. The maximum atomic E-state index is 6.47. The van der Waals surface area contributed by atoms with Crippen LogP contribution in [-0.2, 0) is 15.9 Å². The van der Waals surface area contributed by atoms with Gasteiger partial charge in [-0.1, -0.05) is 36.6 Å². The van der Waals surface area contributed by atoms with E-state index >= 15 is 0 Å². The maximum absolute atomic E-state index is 6.47. The molecule has 4 atom stereocenters. The van der Waals surface area contributed by atoms with Gasteiger partial charge in [-0.05, 0) is 81.7 Å². The molecule has 1 aliphatic heterocycles. The van der Waals surface area contributed by atoms with E-state index in [1.54, 1.807) is 0 Å². The van der Waals surface area contributed by atoms with E-state index in [1.807, 2.05) is 19.9 Å². The predicted octanol–water partition coefficient (Wildman–Crippen LogP) is 6.70. The first-order chi connectivity index (χ1) is 18.4. The fourth-order valence-electron chi connectivity index (χ4n) is 6.85. The minimum absolute atomic E-state index is 0.0261. The molecule has 3 fully saturated rings. The number of ether oxygens (including phenoxy) is 2. The van der Waals surface area contributed by atoms with Gasteiger partial charge in [0.1, 0.15) is 29.0 Å². The first-order valence-corrected chi connectivity index (χ1v) is 14.3. The summed E-state index contributed by atoms with van der Waals surface area (Å²) in [7, 11) is 0. The molecule has 7 nitrogen and oxygen atoms in total. The molecule has 4 aromatic rings. The van der Waals surface area contributed by atoms with Crippen LogP contribution in [0.3, 0.4) is 0 Å². The van der Waals surface area contributed by atoms with Crippen LogP contribution in [0.25, 0.3) is 21.9 Å². The van der Waals surface area contributed by atoms with Gasteiger partial charge in [0, 0.05) is 17.6 Å². The largest absolute Gasteiger partial charge is 0.367 e. The molecule has 4 heterocycles. The number of nitrogens with zero attached hydrogens (tertiary/aromatic N) is 4. The van der Waals surface area contributed by atoms with E-state index < -0.39 is 5.79 Å². The van der Waals surface area contributed by atoms with Crippen molar-refractivity contribution in [3.05, 3.63) is 59.6 Å². The second kappa shape index (κ2) is 9.47. The van der Waals surface area contributed by atoms with Crippen molar-refractivity contribution >= 4 is 39.4 Å². The fraction of sp³-hybridized carbons (Fsp3) is 0.500. The Morgan fingerprint density at radius 2 is 1.87 bits per heavy atom. The van der Waals surface area contributed by atoms with Crippen molar-refractivity contribution in [3.63, 3.8) is 0 Å². The Bertz CT molecular complexity index is 1480. The van der Waals surface area contributed by atoms with Gasteiger partial charge < -0.3 is 19.4 Å². The number of hydrogen-bond donors (Lipinski definition) is 1. The lowest BCUT2D eigenvalue weighted by Gasteiger charge is -2.24. The van der Waals surface area contributed by atoms with Crippen molar-refractivity contribution in [1.29, 1.82) is 0 Å². The summed E-state index contributed by atoms with van der Waals surface area (Å²) >= 11 is 6.34. The number of nitrogens with one attached hydrogen (secondary N) is 1. The first kappa shape index (κ1) is 24.3. The fourth-order valence-corrected chi connectivity index (χ4v) is 7.04. The van der Waals surface area contributed by atoms with E-state index in [0.29, 0.717) is 17.1 Å². The average molecular weight is 532 g/mol. The first-order valence-electron chi connectivity index (χ1n) is 13.9. The van der Waals surface area contributed by atoms with Crippen LogP contribution in [0.15, 0.2) is 48.9 Å². The Labute approximate surface area is 227 Å². The zero-order valence-corrected chi connectivity index (χ0v) is 22.7. The van der Waals surface area contributed by atoms with Gasteiger partial charge in [0.2, 0.25) is 0 Å². The molecule has 1 N–H and O–H groups in total. The van der Waals surface area contributed by atoms with Gasteiger partial charge in [0.15, 0.2) is 5.79 Å². The number of benzene rings is 1. The van der Waals surface area contributed by atoms with E-state index in [2.05, 4.69) is 56.4 Å². The highest BCUT2D eigenvalue weighted by atomic mass is 35.5. The van der Waals surface area contributed by atoms with Crippen LogP contribution < -0.4 is 5.32 Å². The van der Waals surface area contributed by atoms with Crippen molar-refractivity contribution in [3.8, 4) is 0 Å². The molecule has 0 radical (unpaired) electrons. The third-order valence-corrected chi connectivity index (χ3v) is 8.94. The van der Waals surface area contributed by atoms with Crippen LogP contribution in [0.2, 0.25) is 5.15 Å². The van der Waals surface area contributed by atoms with E-state index in [-0.39, 0.29) is 18.2 Å². The molecule has 0 unspecified atom stereocenters. The Kier molecular flexibility index (Phi) is 6.06. The Morgan fingerprint density at radius 3 is 2.74 bits per heavy atom. The summed E-state index contributed by atoms with van der Waals surface area (Å²) in [4.78, 5) is 13.6. The number of anilines is 1. The van der Waals surface area contributed by atoms with Gasteiger partial charge in [-0.25, -0.2) is 15.0 Å². The Morgan fingerprint density at radius 1 is 1.05 bits per heavy atom. The second-order valence-corrected chi connectivity index (χ2v) is 12.0. The minimum atomic E-state index is -0.600. The summed E-state index contributed by atoms with van der Waals surface area (Å²) in [5.74, 6) is 0.766. The van der Waals surface area contributed by atoms with Crippen molar-refractivity contribution in [2.24, 2.45) is 5.92 Å².